The van der Waals surface area contributed by atoms with Crippen molar-refractivity contribution in [1.82, 2.24) is 4.98 Å². The predicted molar refractivity (Wildman–Crippen MR) is 188 cm³/mol. The van der Waals surface area contributed by atoms with E-state index in [2.05, 4.69) is 86.4 Å². The van der Waals surface area contributed by atoms with Crippen LogP contribution in [0.15, 0.2) is 90.8 Å². The minimum absolute atomic E-state index is 0. The predicted octanol–water partition coefficient (Wildman–Crippen LogP) is 10.7. The van der Waals surface area contributed by atoms with E-state index >= 15 is 0 Å². The Kier molecular flexibility index (Phi) is 13.0. The van der Waals surface area contributed by atoms with Crippen molar-refractivity contribution in [2.24, 2.45) is 11.8 Å². The van der Waals surface area contributed by atoms with Crippen molar-refractivity contribution in [3.05, 3.63) is 102 Å². The Labute approximate surface area is 290 Å². The fraction of sp³-hybridized carbons (Fsp3) is 0.350. The van der Waals surface area contributed by atoms with Gasteiger partial charge >= 0.3 is 179 Å². The van der Waals surface area contributed by atoms with Crippen LogP contribution in [0.4, 0.5) is 0 Å². The van der Waals surface area contributed by atoms with Crippen molar-refractivity contribution in [3.63, 3.8) is 0 Å². The van der Waals surface area contributed by atoms with Crippen LogP contribution in [0.25, 0.3) is 41.7 Å². The van der Waals surface area contributed by atoms with Gasteiger partial charge in [-0.2, -0.15) is 0 Å². The van der Waals surface area contributed by atoms with Gasteiger partial charge in [0.2, 0.25) is 0 Å². The summed E-state index contributed by atoms with van der Waals surface area (Å²) < 4.78 is 11.1. The third kappa shape index (κ3) is 9.14. The molecule has 239 valence electrons. The van der Waals surface area contributed by atoms with Crippen LogP contribution < -0.4 is 0 Å². The topological polar surface area (TPSA) is 50.2 Å². The molecule has 5 rings (SSSR count). The molecule has 45 heavy (non-hydrogen) atoms. The van der Waals surface area contributed by atoms with Crippen molar-refractivity contribution in [2.45, 2.75) is 79.6 Å². The number of hydrogen-bond acceptors (Lipinski definition) is 3. The fourth-order valence-corrected chi connectivity index (χ4v) is 7.64. The number of carbonyl (C=O) groups is 1. The monoisotopic (exact) mass is 846 g/mol. The molecule has 0 spiro atoms. The molecular weight excluding hydrogens is 798 g/mol. The Balaban J connectivity index is 0.000000309. The van der Waals surface area contributed by atoms with E-state index in [4.69, 9.17) is 1.37 Å². The molecule has 5 aromatic rings. The second-order valence-corrected chi connectivity index (χ2v) is 14.6. The molecule has 0 amide bonds. The summed E-state index contributed by atoms with van der Waals surface area (Å²) in [6.07, 6.45) is 6.77. The first-order chi connectivity index (χ1) is 21.5. The summed E-state index contributed by atoms with van der Waals surface area (Å²) in [4.78, 5) is 16.4. The van der Waals surface area contributed by atoms with Crippen LogP contribution in [0, 0.1) is 17.9 Å². The number of allylic oxidation sites excluding steroid dienone is 2. The molecule has 3 aromatic carbocycles. The first kappa shape index (κ1) is 35.1. The number of pyridine rings is 1. The molecule has 1 radical (unpaired) electrons. The summed E-state index contributed by atoms with van der Waals surface area (Å²) in [5.74, 6) is 0.547. The molecule has 0 aliphatic carbocycles. The first-order valence-corrected chi connectivity index (χ1v) is 17.6. The van der Waals surface area contributed by atoms with Gasteiger partial charge < -0.3 is 5.11 Å². The van der Waals surface area contributed by atoms with Gasteiger partial charge in [0, 0.05) is 38.0 Å². The average Bonchev–Trinajstić information content (AvgIpc) is 3.38. The van der Waals surface area contributed by atoms with Crippen molar-refractivity contribution in [2.75, 3.05) is 0 Å². The van der Waals surface area contributed by atoms with E-state index in [0.29, 0.717) is 6.04 Å². The minimum Gasteiger partial charge on any atom is 0 e. The Morgan fingerprint density at radius 2 is 1.60 bits per heavy atom. The number of hydrogen-bond donors (Lipinski definition) is 1. The standard InChI is InChI=1S/C27H22NSe.C13H24O2.Ir/c1-27(2,3)23-15-21(14-18-8-4-6-10-22(18)23)24-16-20(12-13-28-24)26-17-19-9-5-7-11-25(19)29-26;1-5-10(6-2)12(14)9-13(15)11(7-3)8-4;/h4-13,15-17H,1-3H3;9-11,14H,5-8H2,1-4H3;/q-1;;/b;12-9-;/i17D;;. The molecule has 2 heterocycles. The van der Waals surface area contributed by atoms with Crippen molar-refractivity contribution in [3.8, 4) is 21.3 Å². The van der Waals surface area contributed by atoms with E-state index in [9.17, 15) is 9.90 Å². The maximum atomic E-state index is 11.7. The van der Waals surface area contributed by atoms with Crippen molar-refractivity contribution in [1.29, 1.82) is 0 Å². The number of aromatic nitrogens is 1. The number of ketones is 1. The van der Waals surface area contributed by atoms with E-state index in [1.165, 1.54) is 21.3 Å². The van der Waals surface area contributed by atoms with E-state index in [1.54, 1.807) is 0 Å². The number of aliphatic hydroxyl groups is 1. The average molecular weight is 845 g/mol. The van der Waals surface area contributed by atoms with Crippen LogP contribution in [-0.2, 0) is 30.3 Å². The molecular formula is C40H46IrNO2Se-. The van der Waals surface area contributed by atoms with Gasteiger partial charge in [-0.05, 0) is 25.7 Å². The van der Waals surface area contributed by atoms with Crippen LogP contribution in [0.1, 0.15) is 81.1 Å². The quantitative estimate of drug-likeness (QED) is 0.0696. The van der Waals surface area contributed by atoms with E-state index in [1.807, 2.05) is 46.0 Å². The normalized spacial score (nSPS) is 12.2. The van der Waals surface area contributed by atoms with Gasteiger partial charge in [-0.3, -0.25) is 4.79 Å². The summed E-state index contributed by atoms with van der Waals surface area (Å²) >= 11 is 0.149. The van der Waals surface area contributed by atoms with Crippen LogP contribution in [0.3, 0.4) is 0 Å². The first-order valence-electron chi connectivity index (χ1n) is 16.4. The van der Waals surface area contributed by atoms with E-state index < -0.39 is 0 Å². The van der Waals surface area contributed by atoms with E-state index in [0.717, 1.165) is 57.7 Å². The Morgan fingerprint density at radius 3 is 2.24 bits per heavy atom. The largest absolute Gasteiger partial charge is 0 e. The van der Waals surface area contributed by atoms with Gasteiger partial charge in [-0.1, -0.05) is 27.7 Å². The maximum Gasteiger partial charge on any atom is 0 e. The van der Waals surface area contributed by atoms with Gasteiger partial charge in [0.05, 0.1) is 5.76 Å². The smallest absolute Gasteiger partial charge is 0 e. The summed E-state index contributed by atoms with van der Waals surface area (Å²) in [5, 5.41) is 13.2. The molecule has 0 aliphatic rings. The third-order valence-electron chi connectivity index (χ3n) is 8.31. The minimum atomic E-state index is 0. The zero-order valence-corrected chi connectivity index (χ0v) is 31.6. The van der Waals surface area contributed by atoms with Gasteiger partial charge in [-0.25, -0.2) is 0 Å². The number of fused-ring (bicyclic) bond motifs is 2. The molecule has 0 saturated heterocycles. The van der Waals surface area contributed by atoms with Crippen molar-refractivity contribution >= 4 is 40.7 Å². The maximum absolute atomic E-state index is 11.7. The number of benzene rings is 3. The molecule has 0 aliphatic heterocycles. The zero-order valence-electron chi connectivity index (χ0n) is 28.5. The van der Waals surface area contributed by atoms with Gasteiger partial charge in [0.25, 0.3) is 0 Å². The second kappa shape index (κ2) is 16.7. The van der Waals surface area contributed by atoms with Gasteiger partial charge in [0.15, 0.2) is 5.78 Å². The Morgan fingerprint density at radius 1 is 0.956 bits per heavy atom. The van der Waals surface area contributed by atoms with Crippen LogP contribution in [0.5, 0.6) is 0 Å². The van der Waals surface area contributed by atoms with Crippen LogP contribution >= 0.6 is 0 Å². The summed E-state index contributed by atoms with van der Waals surface area (Å²) in [7, 11) is 0. The van der Waals surface area contributed by atoms with Gasteiger partial charge in [-0.15, -0.1) is 0 Å². The molecule has 0 bridgehead atoms. The summed E-state index contributed by atoms with van der Waals surface area (Å²) in [5.41, 5.74) is 4.34. The molecule has 2 aromatic heterocycles. The molecule has 0 unspecified atom stereocenters. The zero-order chi connectivity index (χ0) is 32.7. The molecule has 0 saturated carbocycles. The van der Waals surface area contributed by atoms with Crippen molar-refractivity contribution < 1.29 is 31.4 Å². The molecule has 0 atom stereocenters. The van der Waals surface area contributed by atoms with Gasteiger partial charge in [0.1, 0.15) is 0 Å². The fourth-order valence-electron chi connectivity index (χ4n) is 5.54. The number of rotatable bonds is 9. The summed E-state index contributed by atoms with van der Waals surface area (Å²) in [6.45, 7) is 14.8. The molecule has 5 heteroatoms. The molecule has 3 nitrogen and oxygen atoms in total. The van der Waals surface area contributed by atoms with Crippen LogP contribution in [0.2, 0.25) is 0 Å². The second-order valence-electron chi connectivity index (χ2n) is 12.4. The number of aliphatic hydroxyl groups excluding tert-OH is 1. The summed E-state index contributed by atoms with van der Waals surface area (Å²) in [6, 6.07) is 27.4. The Hall–Kier alpha value is -2.81. The van der Waals surface area contributed by atoms with E-state index in [-0.39, 0.29) is 63.4 Å². The molecule has 1 N–H and O–H groups in total. The Bertz CT molecular complexity index is 1790. The number of carbonyl (C=O) groups excluding carboxylic acids is 1. The number of nitrogens with zero attached hydrogens (tertiary/aromatic N) is 1. The van der Waals surface area contributed by atoms with Crippen LogP contribution in [-0.4, -0.2) is 30.4 Å². The third-order valence-corrected chi connectivity index (χ3v) is 10.7. The SMILES string of the molecule is CCC(CC)C(=O)/C=C(\O)C(CC)CC.[2H]c1c(-c2ccnc(-c3[c-]c4ccccc4c(C(C)(C)C)c3)c2)[se]c2ccccc12.[Ir]. The molecule has 0 fully saturated rings.